The predicted molar refractivity (Wildman–Crippen MR) is 47.8 cm³/mol. The van der Waals surface area contributed by atoms with Crippen LogP contribution in [-0.4, -0.2) is 0 Å². The van der Waals surface area contributed by atoms with Gasteiger partial charge >= 0.3 is 0 Å². The lowest BCUT2D eigenvalue weighted by molar-refractivity contribution is 1.75. The van der Waals surface area contributed by atoms with E-state index < -0.39 is 0 Å². The van der Waals surface area contributed by atoms with Crippen LogP contribution in [0, 0.1) is 0 Å². The molecule has 52 valence electrons. The van der Waals surface area contributed by atoms with Crippen LogP contribution in [0.5, 0.6) is 0 Å². The first-order valence-electron chi connectivity index (χ1n) is 3.08. The van der Waals surface area contributed by atoms with Crippen LogP contribution in [-0.2, 0) is 0 Å². The Balaban J connectivity index is 3.76. The minimum Gasteiger partial charge on any atom is -0.0991 e. The zero-order valence-corrected chi connectivity index (χ0v) is 6.09. The normalized spacial score (nSPS) is 10.4. The Kier molecular flexibility index (Phi) is 5.07. The maximum absolute atomic E-state index is 3.71. The third-order valence-electron chi connectivity index (χ3n) is 0.931. The van der Waals surface area contributed by atoms with Gasteiger partial charge in [0.05, 0.1) is 0 Å². The topological polar surface area (TPSA) is 0 Å². The Hall–Kier alpha value is -1.30. The van der Waals surface area contributed by atoms with Gasteiger partial charge < -0.3 is 0 Å². The summed E-state index contributed by atoms with van der Waals surface area (Å²) < 4.78 is 0. The zero-order chi connectivity index (χ0) is 7.82. The molecule has 0 heteroatoms. The van der Waals surface area contributed by atoms with Gasteiger partial charge in [0.1, 0.15) is 0 Å². The summed E-state index contributed by atoms with van der Waals surface area (Å²) in [5, 5.41) is 0. The first kappa shape index (κ1) is 8.70. The molecule has 0 heterocycles. The number of hydrogen-bond acceptors (Lipinski definition) is 0. The van der Waals surface area contributed by atoms with E-state index in [2.05, 4.69) is 19.7 Å². The van der Waals surface area contributed by atoms with Gasteiger partial charge in [0.25, 0.3) is 0 Å². The van der Waals surface area contributed by atoms with E-state index >= 15 is 0 Å². The summed E-state index contributed by atoms with van der Waals surface area (Å²) >= 11 is 0. The van der Waals surface area contributed by atoms with E-state index in [1.807, 2.05) is 24.3 Å². The minimum absolute atomic E-state index is 0.911. The number of hydrogen-bond donors (Lipinski definition) is 0. The van der Waals surface area contributed by atoms with Gasteiger partial charge in [-0.25, -0.2) is 0 Å². The van der Waals surface area contributed by atoms with Gasteiger partial charge in [-0.15, -0.1) is 0 Å². The molecule has 0 nitrogen and oxygen atoms in total. The maximum atomic E-state index is 3.71. The van der Waals surface area contributed by atoms with E-state index in [1.165, 1.54) is 0 Å². The van der Waals surface area contributed by atoms with Crippen molar-refractivity contribution in [2.24, 2.45) is 0 Å². The average Bonchev–Trinajstić information content (AvgIpc) is 1.98. The molecule has 0 fully saturated rings. The lowest BCUT2D eigenvalue weighted by Crippen LogP contribution is -1.60. The second-order valence-electron chi connectivity index (χ2n) is 1.76. The van der Waals surface area contributed by atoms with Crippen LogP contribution in [0.2, 0.25) is 0 Å². The fraction of sp³-hybridized carbons (Fsp3) is 0. The van der Waals surface area contributed by atoms with Gasteiger partial charge in [0.15, 0.2) is 0 Å². The van der Waals surface area contributed by atoms with Crippen LogP contribution >= 0.6 is 0 Å². The number of rotatable bonds is 4. The van der Waals surface area contributed by atoms with Gasteiger partial charge in [-0.3, -0.25) is 0 Å². The molecule has 0 aliphatic rings. The van der Waals surface area contributed by atoms with E-state index in [9.17, 15) is 0 Å². The molecule has 0 aliphatic carbocycles. The van der Waals surface area contributed by atoms with Gasteiger partial charge in [0.2, 0.25) is 0 Å². The zero-order valence-electron chi connectivity index (χ0n) is 6.09. The van der Waals surface area contributed by atoms with Crippen LogP contribution < -0.4 is 0 Å². The highest BCUT2D eigenvalue weighted by Crippen LogP contribution is 1.92. The highest BCUT2D eigenvalue weighted by atomic mass is 13.8. The molecule has 0 rings (SSSR count). The average molecular weight is 132 g/mol. The fourth-order valence-corrected chi connectivity index (χ4v) is 0.390. The van der Waals surface area contributed by atoms with E-state index in [-0.39, 0.29) is 0 Å². The SMILES string of the molecule is C=C/C=C/C=C/C(=C)C=C. The van der Waals surface area contributed by atoms with Crippen molar-refractivity contribution in [2.45, 2.75) is 0 Å². The predicted octanol–water partition coefficient (Wildman–Crippen LogP) is 3.03. The second kappa shape index (κ2) is 5.83. The van der Waals surface area contributed by atoms with Crippen molar-refractivity contribution in [2.75, 3.05) is 0 Å². The quantitative estimate of drug-likeness (QED) is 0.516. The van der Waals surface area contributed by atoms with Gasteiger partial charge in [-0.1, -0.05) is 56.2 Å². The van der Waals surface area contributed by atoms with Crippen molar-refractivity contribution in [3.05, 3.63) is 61.8 Å². The summed E-state index contributed by atoms with van der Waals surface area (Å²) in [5.74, 6) is 0. The molecule has 0 bridgehead atoms. The lowest BCUT2D eigenvalue weighted by atomic mass is 10.3. The van der Waals surface area contributed by atoms with Crippen molar-refractivity contribution < 1.29 is 0 Å². The highest BCUT2D eigenvalue weighted by Gasteiger charge is 1.71. The van der Waals surface area contributed by atoms with Crippen molar-refractivity contribution in [1.29, 1.82) is 0 Å². The standard InChI is InChI=1S/C10H12/c1-4-6-7-8-9-10(3)5-2/h4-9H,1-3H2/b7-6+,9-8+. The van der Waals surface area contributed by atoms with Crippen molar-refractivity contribution in [1.82, 2.24) is 0 Å². The molecule has 0 unspecified atom stereocenters. The molecule has 0 aromatic rings. The Bertz CT molecular complexity index is 180. The second-order valence-corrected chi connectivity index (χ2v) is 1.76. The molecule has 0 atom stereocenters. The van der Waals surface area contributed by atoms with Crippen LogP contribution in [0.1, 0.15) is 0 Å². The highest BCUT2D eigenvalue weighted by molar-refractivity contribution is 5.28. The van der Waals surface area contributed by atoms with Crippen LogP contribution in [0.25, 0.3) is 0 Å². The molecular weight excluding hydrogens is 120 g/mol. The van der Waals surface area contributed by atoms with E-state index in [1.54, 1.807) is 12.2 Å². The molecule has 0 N–H and O–H groups in total. The molecule has 0 aromatic carbocycles. The molecule has 0 amide bonds. The first-order valence-corrected chi connectivity index (χ1v) is 3.08. The van der Waals surface area contributed by atoms with Gasteiger partial charge in [-0.05, 0) is 5.57 Å². The summed E-state index contributed by atoms with van der Waals surface area (Å²) in [6, 6.07) is 0. The third kappa shape index (κ3) is 4.85. The largest absolute Gasteiger partial charge is 0.0991 e. The fourth-order valence-electron chi connectivity index (χ4n) is 0.390. The van der Waals surface area contributed by atoms with Crippen LogP contribution in [0.3, 0.4) is 0 Å². The molecular formula is C10H12. The van der Waals surface area contributed by atoms with Crippen molar-refractivity contribution >= 4 is 0 Å². The summed E-state index contributed by atoms with van der Waals surface area (Å²) in [6.45, 7) is 10.8. The minimum atomic E-state index is 0.911. The molecule has 0 saturated heterocycles. The van der Waals surface area contributed by atoms with Crippen molar-refractivity contribution in [3.63, 3.8) is 0 Å². The van der Waals surface area contributed by atoms with E-state index in [0.717, 1.165) is 5.57 Å². The molecule has 0 spiro atoms. The summed E-state index contributed by atoms with van der Waals surface area (Å²) in [4.78, 5) is 0. The Labute approximate surface area is 62.6 Å². The molecule has 10 heavy (non-hydrogen) atoms. The first-order chi connectivity index (χ1) is 4.81. The number of allylic oxidation sites excluding steroid dienone is 7. The third-order valence-corrected chi connectivity index (χ3v) is 0.931. The van der Waals surface area contributed by atoms with Crippen LogP contribution in [0.15, 0.2) is 61.8 Å². The monoisotopic (exact) mass is 132 g/mol. The lowest BCUT2D eigenvalue weighted by Gasteiger charge is -1.81. The summed E-state index contributed by atoms with van der Waals surface area (Å²) in [7, 11) is 0. The van der Waals surface area contributed by atoms with Crippen molar-refractivity contribution in [3.8, 4) is 0 Å². The smallest absolute Gasteiger partial charge is 0.0335 e. The van der Waals surface area contributed by atoms with Gasteiger partial charge in [0, 0.05) is 0 Å². The van der Waals surface area contributed by atoms with E-state index in [0.29, 0.717) is 0 Å². The Morgan fingerprint density at radius 3 is 2.20 bits per heavy atom. The van der Waals surface area contributed by atoms with Crippen LogP contribution in [0.4, 0.5) is 0 Å². The van der Waals surface area contributed by atoms with Gasteiger partial charge in [-0.2, -0.15) is 0 Å². The molecule has 0 aliphatic heterocycles. The summed E-state index contributed by atoms with van der Waals surface area (Å²) in [5.41, 5.74) is 0.911. The molecule has 0 aromatic heterocycles. The molecule has 0 saturated carbocycles. The Morgan fingerprint density at radius 2 is 1.70 bits per heavy atom. The maximum Gasteiger partial charge on any atom is -0.0335 e. The van der Waals surface area contributed by atoms with E-state index in [4.69, 9.17) is 0 Å². The Morgan fingerprint density at radius 1 is 1.00 bits per heavy atom. The summed E-state index contributed by atoms with van der Waals surface area (Å²) in [6.07, 6.45) is 11.0. The molecule has 0 radical (unpaired) electrons.